The number of nitrogens with two attached hydrogens (primary N) is 6. The van der Waals surface area contributed by atoms with Gasteiger partial charge in [0.15, 0.2) is 17.9 Å². The summed E-state index contributed by atoms with van der Waals surface area (Å²) >= 11 is 0. The molecule has 1 aliphatic heterocycles. The van der Waals surface area contributed by atoms with E-state index in [1.54, 1.807) is 42.7 Å². The van der Waals surface area contributed by atoms with E-state index >= 15 is 0 Å². The Kier molecular flexibility index (Phi) is 18.9. The van der Waals surface area contributed by atoms with Crippen LogP contribution in [0, 0.1) is 0 Å². The van der Waals surface area contributed by atoms with E-state index in [-0.39, 0.29) is 95.3 Å². The first kappa shape index (κ1) is 52.7. The minimum atomic E-state index is -1.33. The molecule has 6 rings (SSSR count). The normalized spacial score (nSPS) is 20.4. The molecule has 1 saturated heterocycles. The predicted octanol–water partition coefficient (Wildman–Crippen LogP) is -1.24. The van der Waals surface area contributed by atoms with Gasteiger partial charge in [-0.15, -0.1) is 0 Å². The average molecular weight is 988 g/mol. The van der Waals surface area contributed by atoms with Crippen LogP contribution in [0.2, 0.25) is 0 Å². The number of rotatable bonds is 18. The fraction of sp³-hybridized carbons (Fsp3) is 0.367. The molecular formula is C49H65N17O6. The number of benzene rings is 3. The molecule has 0 spiro atoms. The standard InChI is InChI=1S/C49H65N17O6/c50-47(51)56-20-8-17-35-41(67)61-36(18-9-21-57-48(52)53)43(69)65-39(24-29-26-59-33-15-6-4-13-31(29)33)45(71)63-37(19-10-22-58-49(54)55)42(68)64-38(23-28-11-2-1-3-12-28)44(70)66-40(46(72)62-35)25-30-27-60-34-16-7-5-14-32(30)34/h1-7,11-16,26-27,35-40,59-60H,8-10,17-25H2,(H,61,67)(H,62,72)(H,63,71)(H,64,68)(H,65,69)(H,66,70)(H4,50,51,56)(H4,52,53,57)(H4,54,55,58)/t35-,36-,37-,38-,39-,40-/m0/s1. The number of para-hydroxylation sites is 2. The number of nitrogens with zero attached hydrogens (tertiary/aromatic N) is 3. The van der Waals surface area contributed by atoms with Crippen molar-refractivity contribution < 1.29 is 28.8 Å². The van der Waals surface area contributed by atoms with Gasteiger partial charge in [-0.3, -0.25) is 43.7 Å². The molecule has 0 radical (unpaired) electrons. The first-order valence-electron chi connectivity index (χ1n) is 23.8. The van der Waals surface area contributed by atoms with Gasteiger partial charge < -0.3 is 76.3 Å². The van der Waals surface area contributed by atoms with E-state index in [0.717, 1.165) is 21.8 Å². The quantitative estimate of drug-likeness (QED) is 0.0279. The molecule has 1 fully saturated rings. The van der Waals surface area contributed by atoms with Crippen LogP contribution in [-0.4, -0.2) is 119 Å². The first-order valence-corrected chi connectivity index (χ1v) is 23.8. The van der Waals surface area contributed by atoms with Crippen molar-refractivity contribution in [3.8, 4) is 0 Å². The van der Waals surface area contributed by atoms with Gasteiger partial charge in [-0.1, -0.05) is 66.7 Å². The highest BCUT2D eigenvalue weighted by Gasteiger charge is 2.36. The Balaban J connectivity index is 1.44. The fourth-order valence-corrected chi connectivity index (χ4v) is 8.47. The van der Waals surface area contributed by atoms with Gasteiger partial charge >= 0.3 is 0 Å². The van der Waals surface area contributed by atoms with E-state index < -0.39 is 71.7 Å². The molecule has 0 bridgehead atoms. The van der Waals surface area contributed by atoms with Crippen LogP contribution in [0.3, 0.4) is 0 Å². The number of amides is 6. The van der Waals surface area contributed by atoms with Crippen molar-refractivity contribution >= 4 is 75.1 Å². The van der Waals surface area contributed by atoms with Crippen molar-refractivity contribution in [2.45, 2.75) is 94.0 Å². The van der Waals surface area contributed by atoms with Crippen LogP contribution in [0.1, 0.15) is 55.2 Å². The summed E-state index contributed by atoms with van der Waals surface area (Å²) in [5.74, 6) is -4.95. The third-order valence-electron chi connectivity index (χ3n) is 12.1. The van der Waals surface area contributed by atoms with E-state index in [9.17, 15) is 28.8 Å². The molecule has 0 unspecified atom stereocenters. The number of guanidine groups is 3. The first-order chi connectivity index (χ1) is 34.6. The lowest BCUT2D eigenvalue weighted by Crippen LogP contribution is -2.62. The zero-order valence-corrected chi connectivity index (χ0v) is 39.9. The highest BCUT2D eigenvalue weighted by atomic mass is 16.2. The van der Waals surface area contributed by atoms with Crippen LogP contribution in [0.4, 0.5) is 0 Å². The summed E-state index contributed by atoms with van der Waals surface area (Å²) in [5.41, 5.74) is 37.2. The number of aromatic nitrogens is 2. The molecule has 3 aromatic carbocycles. The monoisotopic (exact) mass is 988 g/mol. The summed E-state index contributed by atoms with van der Waals surface area (Å²) in [6, 6.07) is 15.9. The van der Waals surface area contributed by atoms with Gasteiger partial charge in [0.1, 0.15) is 36.3 Å². The minimum absolute atomic E-state index is 0.00141. The third-order valence-corrected chi connectivity index (χ3v) is 12.1. The number of aromatic amines is 2. The Hall–Kier alpha value is -8.63. The SMILES string of the molecule is NC(N)=NCCC[C@@H]1NC(=O)[C@H](CCCN=C(N)N)NC(=O)[C@H](Cc2c[nH]c3ccccc23)NC(=O)[C@H](Cc2ccccc2)NC(=O)[C@H](CCCN=C(N)N)NC(=O)[C@H](Cc2c[nH]c3ccccc23)NC1=O. The van der Waals surface area contributed by atoms with Gasteiger partial charge in [0.05, 0.1) is 0 Å². The number of nitrogens with one attached hydrogen (secondary N) is 8. The second kappa shape index (κ2) is 25.8. The second-order valence-corrected chi connectivity index (χ2v) is 17.5. The van der Waals surface area contributed by atoms with E-state index in [0.29, 0.717) is 16.7 Å². The van der Waals surface area contributed by atoms with Gasteiger partial charge in [0.25, 0.3) is 0 Å². The number of hydrogen-bond acceptors (Lipinski definition) is 9. The Bertz CT molecular complexity index is 2760. The van der Waals surface area contributed by atoms with Gasteiger partial charge in [0.2, 0.25) is 35.4 Å². The predicted molar refractivity (Wildman–Crippen MR) is 275 cm³/mol. The lowest BCUT2D eigenvalue weighted by Gasteiger charge is -2.29. The molecule has 382 valence electrons. The molecule has 5 aromatic rings. The fourth-order valence-electron chi connectivity index (χ4n) is 8.47. The molecule has 23 nitrogen and oxygen atoms in total. The third kappa shape index (κ3) is 15.4. The smallest absolute Gasteiger partial charge is 0.243 e. The maximum atomic E-state index is 14.8. The molecular weight excluding hydrogens is 923 g/mol. The van der Waals surface area contributed by atoms with Gasteiger partial charge in [0, 0.05) is 73.1 Å². The van der Waals surface area contributed by atoms with Crippen molar-refractivity contribution in [2.24, 2.45) is 49.4 Å². The van der Waals surface area contributed by atoms with Crippen molar-refractivity contribution in [1.29, 1.82) is 0 Å². The summed E-state index contributed by atoms with van der Waals surface area (Å²) in [4.78, 5) is 107. The molecule has 3 heterocycles. The zero-order chi connectivity index (χ0) is 51.6. The van der Waals surface area contributed by atoms with Gasteiger partial charge in [-0.05, 0) is 67.3 Å². The Morgan fingerprint density at radius 2 is 0.694 bits per heavy atom. The van der Waals surface area contributed by atoms with E-state index in [1.165, 1.54) is 0 Å². The van der Waals surface area contributed by atoms with Crippen LogP contribution in [0.15, 0.2) is 106 Å². The number of carbonyl (C=O) groups excluding carboxylic acids is 6. The number of carbonyl (C=O) groups is 6. The summed E-state index contributed by atoms with van der Waals surface area (Å²) in [7, 11) is 0. The van der Waals surface area contributed by atoms with Crippen LogP contribution >= 0.6 is 0 Å². The number of fused-ring (bicyclic) bond motifs is 2. The van der Waals surface area contributed by atoms with Crippen LogP contribution in [0.25, 0.3) is 21.8 Å². The van der Waals surface area contributed by atoms with Crippen molar-refractivity contribution in [2.75, 3.05) is 19.6 Å². The molecule has 0 aliphatic carbocycles. The van der Waals surface area contributed by atoms with Crippen LogP contribution < -0.4 is 66.3 Å². The summed E-state index contributed by atoms with van der Waals surface area (Å²) in [6.45, 7) is 0.296. The highest BCUT2D eigenvalue weighted by Crippen LogP contribution is 2.22. The maximum Gasteiger partial charge on any atom is 0.243 e. The summed E-state index contributed by atoms with van der Waals surface area (Å²) < 4.78 is 0. The molecule has 1 aliphatic rings. The van der Waals surface area contributed by atoms with E-state index in [2.05, 4.69) is 56.8 Å². The Morgan fingerprint density at radius 3 is 1.06 bits per heavy atom. The molecule has 72 heavy (non-hydrogen) atoms. The molecule has 23 heteroatoms. The lowest BCUT2D eigenvalue weighted by molar-refractivity contribution is -0.136. The zero-order valence-electron chi connectivity index (χ0n) is 39.9. The summed E-state index contributed by atoms with van der Waals surface area (Å²) in [6.07, 6.45) is 3.94. The van der Waals surface area contributed by atoms with Crippen molar-refractivity contribution in [3.05, 3.63) is 108 Å². The van der Waals surface area contributed by atoms with Crippen LogP contribution in [-0.2, 0) is 48.0 Å². The molecule has 20 N–H and O–H groups in total. The summed E-state index contributed by atoms with van der Waals surface area (Å²) in [5, 5.41) is 18.6. The second-order valence-electron chi connectivity index (χ2n) is 17.5. The number of hydrogen-bond donors (Lipinski definition) is 14. The molecule has 2 aromatic heterocycles. The van der Waals surface area contributed by atoms with E-state index in [1.807, 2.05) is 48.5 Å². The lowest BCUT2D eigenvalue weighted by atomic mass is 10.00. The highest BCUT2D eigenvalue weighted by molar-refractivity contribution is 5.99. The largest absolute Gasteiger partial charge is 0.370 e. The van der Waals surface area contributed by atoms with Crippen LogP contribution in [0.5, 0.6) is 0 Å². The van der Waals surface area contributed by atoms with Gasteiger partial charge in [-0.25, -0.2) is 0 Å². The van der Waals surface area contributed by atoms with E-state index in [4.69, 9.17) is 34.4 Å². The Labute approximate surface area is 415 Å². The molecule has 0 saturated carbocycles. The van der Waals surface area contributed by atoms with Gasteiger partial charge in [-0.2, -0.15) is 0 Å². The molecule has 6 amide bonds. The minimum Gasteiger partial charge on any atom is -0.370 e. The van der Waals surface area contributed by atoms with Crippen molar-refractivity contribution in [3.63, 3.8) is 0 Å². The maximum absolute atomic E-state index is 14.8. The Morgan fingerprint density at radius 1 is 0.389 bits per heavy atom. The molecule has 6 atom stereocenters. The average Bonchev–Trinajstić information content (AvgIpc) is 3.96. The number of H-pyrrole nitrogens is 2. The number of aliphatic imine (C=N–C) groups is 3. The topological polar surface area (TPSA) is 399 Å². The van der Waals surface area contributed by atoms with Crippen molar-refractivity contribution in [1.82, 2.24) is 41.9 Å².